The van der Waals surface area contributed by atoms with Crippen LogP contribution < -0.4 is 0 Å². The Bertz CT molecular complexity index is 604. The molecule has 4 nitrogen and oxygen atoms in total. The van der Waals surface area contributed by atoms with Gasteiger partial charge in [-0.1, -0.05) is 15.9 Å². The van der Waals surface area contributed by atoms with E-state index in [1.54, 1.807) is 10.6 Å². The summed E-state index contributed by atoms with van der Waals surface area (Å²) >= 11 is 3.33. The highest BCUT2D eigenvalue weighted by molar-refractivity contribution is 9.10. The van der Waals surface area contributed by atoms with Crippen LogP contribution in [0.3, 0.4) is 0 Å². The first-order valence-electron chi connectivity index (χ1n) is 4.25. The summed E-state index contributed by atoms with van der Waals surface area (Å²) < 4.78 is 24.9. The lowest BCUT2D eigenvalue weighted by Gasteiger charge is -1.91. The molecule has 15 heavy (non-hydrogen) atoms. The molecule has 0 N–H and O–H groups in total. The van der Waals surface area contributed by atoms with Gasteiger partial charge in [-0.05, 0) is 12.1 Å². The lowest BCUT2D eigenvalue weighted by molar-refractivity contribution is 0.600. The molecule has 2 aromatic heterocycles. The van der Waals surface area contributed by atoms with E-state index in [-0.39, 0.29) is 5.75 Å². The second kappa shape index (κ2) is 3.61. The number of rotatable bonds is 2. The third-order valence-corrected chi connectivity index (χ3v) is 3.20. The summed E-state index contributed by atoms with van der Waals surface area (Å²) in [5.74, 6) is -0.0215. The van der Waals surface area contributed by atoms with Crippen LogP contribution in [0, 0.1) is 0 Å². The monoisotopic (exact) mass is 288 g/mol. The quantitative estimate of drug-likeness (QED) is 0.844. The SMILES string of the molecule is CS(=O)(=O)Cc1cn2ccc(Br)cc2n1. The van der Waals surface area contributed by atoms with Crippen molar-refractivity contribution in [3.63, 3.8) is 0 Å². The Morgan fingerprint density at radius 3 is 2.93 bits per heavy atom. The van der Waals surface area contributed by atoms with Crippen LogP contribution in [0.2, 0.25) is 0 Å². The zero-order valence-electron chi connectivity index (χ0n) is 8.01. The lowest BCUT2D eigenvalue weighted by Crippen LogP contribution is -2.00. The van der Waals surface area contributed by atoms with Gasteiger partial charge in [0.1, 0.15) is 5.65 Å². The molecular formula is C9H9BrN2O2S. The first-order chi connectivity index (χ1) is 6.94. The van der Waals surface area contributed by atoms with Crippen molar-refractivity contribution >= 4 is 31.4 Å². The smallest absolute Gasteiger partial charge is 0.153 e. The van der Waals surface area contributed by atoms with Gasteiger partial charge in [0.05, 0.1) is 11.4 Å². The van der Waals surface area contributed by atoms with E-state index in [2.05, 4.69) is 20.9 Å². The van der Waals surface area contributed by atoms with Gasteiger partial charge in [-0.25, -0.2) is 13.4 Å². The Kier molecular flexibility index (Phi) is 2.56. The van der Waals surface area contributed by atoms with Crippen molar-refractivity contribution in [3.8, 4) is 0 Å². The molecule has 0 spiro atoms. The largest absolute Gasteiger partial charge is 0.307 e. The topological polar surface area (TPSA) is 51.4 Å². The van der Waals surface area contributed by atoms with Crippen molar-refractivity contribution in [2.75, 3.05) is 6.26 Å². The molecule has 0 aliphatic heterocycles. The number of fused-ring (bicyclic) bond motifs is 1. The summed E-state index contributed by atoms with van der Waals surface area (Å²) in [4.78, 5) is 4.21. The fourth-order valence-electron chi connectivity index (χ4n) is 1.35. The van der Waals surface area contributed by atoms with E-state index in [1.165, 1.54) is 6.26 Å². The summed E-state index contributed by atoms with van der Waals surface area (Å²) in [6.45, 7) is 0. The Balaban J connectivity index is 2.48. The molecule has 0 atom stereocenters. The van der Waals surface area contributed by atoms with Crippen LogP contribution >= 0.6 is 15.9 Å². The summed E-state index contributed by atoms with van der Waals surface area (Å²) in [7, 11) is -3.02. The van der Waals surface area contributed by atoms with Crippen LogP contribution in [0.25, 0.3) is 5.65 Å². The number of hydrogen-bond acceptors (Lipinski definition) is 3. The average Bonchev–Trinajstić information content (AvgIpc) is 2.42. The second-order valence-corrected chi connectivity index (χ2v) is 6.47. The minimum absolute atomic E-state index is 0.0215. The van der Waals surface area contributed by atoms with Crippen molar-refractivity contribution in [1.29, 1.82) is 0 Å². The van der Waals surface area contributed by atoms with E-state index in [9.17, 15) is 8.42 Å². The van der Waals surface area contributed by atoms with Crippen LogP contribution in [0.4, 0.5) is 0 Å². The molecule has 2 aromatic rings. The third-order valence-electron chi connectivity index (χ3n) is 1.88. The number of sulfone groups is 1. The second-order valence-electron chi connectivity index (χ2n) is 3.41. The molecule has 0 aromatic carbocycles. The fourth-order valence-corrected chi connectivity index (χ4v) is 2.35. The van der Waals surface area contributed by atoms with E-state index < -0.39 is 9.84 Å². The molecule has 0 radical (unpaired) electrons. The van der Waals surface area contributed by atoms with Gasteiger partial charge in [-0.2, -0.15) is 0 Å². The number of nitrogens with zero attached hydrogens (tertiary/aromatic N) is 2. The van der Waals surface area contributed by atoms with E-state index >= 15 is 0 Å². The van der Waals surface area contributed by atoms with E-state index in [1.807, 2.05) is 18.3 Å². The number of halogens is 1. The zero-order valence-corrected chi connectivity index (χ0v) is 10.4. The fraction of sp³-hybridized carbons (Fsp3) is 0.222. The molecule has 0 aliphatic rings. The normalized spacial score (nSPS) is 12.1. The van der Waals surface area contributed by atoms with Crippen LogP contribution in [0.5, 0.6) is 0 Å². The van der Waals surface area contributed by atoms with E-state index in [0.29, 0.717) is 5.69 Å². The molecule has 0 fully saturated rings. The maximum atomic E-state index is 11.1. The maximum absolute atomic E-state index is 11.1. The highest BCUT2D eigenvalue weighted by atomic mass is 79.9. The number of pyridine rings is 1. The molecule has 80 valence electrons. The number of imidazole rings is 1. The molecular weight excluding hydrogens is 280 g/mol. The Hall–Kier alpha value is -0.880. The molecule has 2 rings (SSSR count). The average molecular weight is 289 g/mol. The Morgan fingerprint density at radius 1 is 1.53 bits per heavy atom. The van der Waals surface area contributed by atoms with Gasteiger partial charge >= 0.3 is 0 Å². The highest BCUT2D eigenvalue weighted by Crippen LogP contribution is 2.14. The van der Waals surface area contributed by atoms with Gasteiger partial charge in [0.2, 0.25) is 0 Å². The maximum Gasteiger partial charge on any atom is 0.153 e. The van der Waals surface area contributed by atoms with Crippen molar-refractivity contribution < 1.29 is 8.42 Å². The summed E-state index contributed by atoms with van der Waals surface area (Å²) in [6.07, 6.45) is 4.76. The highest BCUT2D eigenvalue weighted by Gasteiger charge is 2.08. The number of hydrogen-bond donors (Lipinski definition) is 0. The predicted octanol–water partition coefficient (Wildman–Crippen LogP) is 1.64. The van der Waals surface area contributed by atoms with Crippen molar-refractivity contribution in [3.05, 3.63) is 34.7 Å². The summed E-state index contributed by atoms with van der Waals surface area (Å²) in [5, 5.41) is 0. The summed E-state index contributed by atoms with van der Waals surface area (Å²) in [5.41, 5.74) is 1.30. The summed E-state index contributed by atoms with van der Waals surface area (Å²) in [6, 6.07) is 3.71. The van der Waals surface area contributed by atoms with Gasteiger partial charge in [0.15, 0.2) is 9.84 Å². The molecule has 0 aliphatic carbocycles. The standard InChI is InChI=1S/C9H9BrN2O2S/c1-15(13,14)6-8-5-12-3-2-7(10)4-9(12)11-8/h2-5H,6H2,1H3. The molecule has 2 heterocycles. The molecule has 0 amide bonds. The van der Waals surface area contributed by atoms with Gasteiger partial charge < -0.3 is 4.40 Å². The zero-order chi connectivity index (χ0) is 11.1. The van der Waals surface area contributed by atoms with Gasteiger partial charge in [-0.15, -0.1) is 0 Å². The van der Waals surface area contributed by atoms with Gasteiger partial charge in [0, 0.05) is 23.1 Å². The lowest BCUT2D eigenvalue weighted by atomic mass is 10.5. The van der Waals surface area contributed by atoms with Crippen molar-refractivity contribution in [2.24, 2.45) is 0 Å². The first kappa shape index (κ1) is 10.6. The van der Waals surface area contributed by atoms with Crippen LogP contribution in [0.15, 0.2) is 29.0 Å². The molecule has 0 saturated heterocycles. The molecule has 0 unspecified atom stereocenters. The van der Waals surface area contributed by atoms with Gasteiger partial charge in [-0.3, -0.25) is 0 Å². The Morgan fingerprint density at radius 2 is 2.27 bits per heavy atom. The molecule has 0 bridgehead atoms. The molecule has 6 heteroatoms. The van der Waals surface area contributed by atoms with E-state index in [4.69, 9.17) is 0 Å². The number of aromatic nitrogens is 2. The van der Waals surface area contributed by atoms with Crippen molar-refractivity contribution in [1.82, 2.24) is 9.38 Å². The van der Waals surface area contributed by atoms with Crippen LogP contribution in [-0.4, -0.2) is 24.1 Å². The van der Waals surface area contributed by atoms with E-state index in [0.717, 1.165) is 10.1 Å². The van der Waals surface area contributed by atoms with Gasteiger partial charge in [0.25, 0.3) is 0 Å². The minimum atomic E-state index is -3.02. The Labute approximate surface area is 96.0 Å². The predicted molar refractivity (Wildman–Crippen MR) is 61.4 cm³/mol. The minimum Gasteiger partial charge on any atom is -0.307 e. The third kappa shape index (κ3) is 2.57. The first-order valence-corrected chi connectivity index (χ1v) is 7.10. The van der Waals surface area contributed by atoms with Crippen LogP contribution in [0.1, 0.15) is 5.69 Å². The molecule has 0 saturated carbocycles. The van der Waals surface area contributed by atoms with Crippen LogP contribution in [-0.2, 0) is 15.6 Å². The van der Waals surface area contributed by atoms with Crippen molar-refractivity contribution in [2.45, 2.75) is 5.75 Å².